The molecule has 0 saturated carbocycles. The molecule has 4 nitrogen and oxygen atoms in total. The standard InChI is InChI=1S/C46H28N4/c1-3-13-29(14-4-1)31-17-7-8-18-32(31)33-19-9-10-21-36(33)44-38(30-15-5-2-6-16-30)27-39-34-23-24-37-35-20-11-12-22-42(35)48-46(37)41(34)28-40(39)45(44)43-25-26-47-50-49-43/h1-28H. The lowest BCUT2D eigenvalue weighted by Crippen LogP contribution is -2.25. The highest BCUT2D eigenvalue weighted by Crippen LogP contribution is 2.50. The molecule has 1 aliphatic heterocycles. The lowest BCUT2D eigenvalue weighted by atomic mass is 9.81. The van der Waals surface area contributed by atoms with E-state index in [0.29, 0.717) is 0 Å². The Balaban J connectivity index is 1.33. The number of hydrogen-bond donors (Lipinski definition) is 0. The van der Waals surface area contributed by atoms with Crippen molar-refractivity contribution in [3.05, 3.63) is 180 Å². The molecule has 0 atom stereocenters. The normalized spacial score (nSPS) is 11.9. The number of rotatable bonds is 5. The van der Waals surface area contributed by atoms with Gasteiger partial charge in [-0.1, -0.05) is 140 Å². The third kappa shape index (κ3) is 4.39. The smallest absolute Gasteiger partial charge is 0.0976 e. The van der Waals surface area contributed by atoms with Gasteiger partial charge < -0.3 is 0 Å². The van der Waals surface area contributed by atoms with Crippen LogP contribution in [0, 0.1) is 0 Å². The van der Waals surface area contributed by atoms with E-state index in [1.807, 2.05) is 6.07 Å². The van der Waals surface area contributed by atoms with Crippen LogP contribution in [0.1, 0.15) is 5.56 Å². The van der Waals surface area contributed by atoms with E-state index < -0.39 is 0 Å². The third-order valence-electron chi connectivity index (χ3n) is 9.93. The lowest BCUT2D eigenvalue weighted by Gasteiger charge is -2.22. The van der Waals surface area contributed by atoms with Gasteiger partial charge in [-0.2, -0.15) is 0 Å². The van der Waals surface area contributed by atoms with Gasteiger partial charge in [-0.3, -0.25) is 0 Å². The van der Waals surface area contributed by atoms with Crippen LogP contribution in [0.15, 0.2) is 169 Å². The SMILES string of the molecule is C1=c2c(ccc3c2=Nc2ccccc2-3)-c2cc(-c3ccccc3)c(-c3ccccc3-c3ccccc3-c3ccccc3)c(-c3ccnnn3)c21. The molecule has 0 N–H and O–H groups in total. The second-order valence-corrected chi connectivity index (χ2v) is 12.7. The molecule has 4 heteroatoms. The number of fused-ring (bicyclic) bond motifs is 7. The fourth-order valence-corrected chi connectivity index (χ4v) is 7.75. The van der Waals surface area contributed by atoms with Crippen LogP contribution in [0.5, 0.6) is 0 Å². The maximum Gasteiger partial charge on any atom is 0.0976 e. The van der Waals surface area contributed by atoms with Crippen LogP contribution in [0.2, 0.25) is 0 Å². The van der Waals surface area contributed by atoms with Gasteiger partial charge in [-0.25, -0.2) is 4.99 Å². The van der Waals surface area contributed by atoms with Crippen LogP contribution in [0.25, 0.3) is 84.1 Å². The van der Waals surface area contributed by atoms with E-state index in [1.165, 1.54) is 33.4 Å². The lowest BCUT2D eigenvalue weighted by molar-refractivity contribution is 0.870. The minimum Gasteiger partial charge on any atom is -0.247 e. The largest absolute Gasteiger partial charge is 0.247 e. The van der Waals surface area contributed by atoms with E-state index in [4.69, 9.17) is 4.99 Å². The summed E-state index contributed by atoms with van der Waals surface area (Å²) in [6, 6.07) is 56.0. The minimum absolute atomic E-state index is 0.774. The maximum atomic E-state index is 5.16. The van der Waals surface area contributed by atoms with Gasteiger partial charge in [0.25, 0.3) is 0 Å². The van der Waals surface area contributed by atoms with E-state index in [2.05, 4.69) is 173 Å². The molecule has 50 heavy (non-hydrogen) atoms. The second kappa shape index (κ2) is 11.4. The molecule has 1 aromatic heterocycles. The van der Waals surface area contributed by atoms with E-state index in [0.717, 1.165) is 66.5 Å². The van der Waals surface area contributed by atoms with Crippen molar-refractivity contribution in [2.45, 2.75) is 0 Å². The number of benzene rings is 7. The van der Waals surface area contributed by atoms with Crippen molar-refractivity contribution in [2.24, 2.45) is 4.99 Å². The third-order valence-corrected chi connectivity index (χ3v) is 9.93. The zero-order valence-electron chi connectivity index (χ0n) is 27.0. The summed E-state index contributed by atoms with van der Waals surface area (Å²) in [5.41, 5.74) is 17.8. The van der Waals surface area contributed by atoms with Crippen molar-refractivity contribution in [1.82, 2.24) is 15.4 Å². The number of para-hydroxylation sites is 1. The van der Waals surface area contributed by atoms with E-state index in [9.17, 15) is 0 Å². The van der Waals surface area contributed by atoms with Crippen molar-refractivity contribution in [3.8, 4) is 78.0 Å². The van der Waals surface area contributed by atoms with Crippen LogP contribution in [0.4, 0.5) is 5.69 Å². The number of hydrogen-bond acceptors (Lipinski definition) is 4. The van der Waals surface area contributed by atoms with Gasteiger partial charge in [0.1, 0.15) is 0 Å². The van der Waals surface area contributed by atoms with Gasteiger partial charge in [0.05, 0.1) is 22.9 Å². The first-order valence-electron chi connectivity index (χ1n) is 16.8. The van der Waals surface area contributed by atoms with Gasteiger partial charge in [0.15, 0.2) is 0 Å². The Morgan fingerprint density at radius 3 is 1.72 bits per heavy atom. The molecule has 0 fully saturated rings. The molecule has 2 heterocycles. The van der Waals surface area contributed by atoms with Gasteiger partial charge in [-0.15, -0.1) is 10.2 Å². The van der Waals surface area contributed by atoms with Crippen molar-refractivity contribution < 1.29 is 0 Å². The molecular formula is C46H28N4. The zero-order valence-corrected chi connectivity index (χ0v) is 27.0. The molecule has 7 aromatic carbocycles. The Kier molecular flexibility index (Phi) is 6.46. The Bertz CT molecular complexity index is 2740. The summed E-state index contributed by atoms with van der Waals surface area (Å²) in [4.78, 5) is 5.16. The monoisotopic (exact) mass is 636 g/mol. The number of aromatic nitrogens is 3. The summed E-state index contributed by atoms with van der Waals surface area (Å²) in [5, 5.41) is 15.1. The quantitative estimate of drug-likeness (QED) is 0.189. The first-order chi connectivity index (χ1) is 24.8. The molecule has 0 saturated heterocycles. The molecule has 1 aliphatic carbocycles. The predicted molar refractivity (Wildman–Crippen MR) is 202 cm³/mol. The van der Waals surface area contributed by atoms with Gasteiger partial charge in [0.2, 0.25) is 0 Å². The topological polar surface area (TPSA) is 51.0 Å². The van der Waals surface area contributed by atoms with Crippen molar-refractivity contribution in [3.63, 3.8) is 0 Å². The summed E-state index contributed by atoms with van der Waals surface area (Å²) in [6.07, 6.45) is 4.05. The molecule has 0 spiro atoms. The first kappa shape index (κ1) is 28.3. The molecule has 232 valence electrons. The summed E-state index contributed by atoms with van der Waals surface area (Å²) in [7, 11) is 0. The van der Waals surface area contributed by atoms with Crippen LogP contribution in [-0.2, 0) is 0 Å². The van der Waals surface area contributed by atoms with Crippen LogP contribution in [-0.4, -0.2) is 15.4 Å². The second-order valence-electron chi connectivity index (χ2n) is 12.7. The van der Waals surface area contributed by atoms with E-state index >= 15 is 0 Å². The van der Waals surface area contributed by atoms with Crippen molar-refractivity contribution in [2.75, 3.05) is 0 Å². The molecule has 0 bridgehead atoms. The van der Waals surface area contributed by atoms with Crippen LogP contribution in [0.3, 0.4) is 0 Å². The highest BCUT2D eigenvalue weighted by Gasteiger charge is 2.28. The fraction of sp³-hybridized carbons (Fsp3) is 0. The number of nitrogens with zero attached hydrogens (tertiary/aromatic N) is 4. The van der Waals surface area contributed by atoms with Gasteiger partial charge in [0, 0.05) is 27.5 Å². The summed E-state index contributed by atoms with van der Waals surface area (Å²) < 4.78 is 0. The first-order valence-corrected chi connectivity index (χ1v) is 16.8. The van der Waals surface area contributed by atoms with E-state index in [-0.39, 0.29) is 0 Å². The molecule has 0 radical (unpaired) electrons. The van der Waals surface area contributed by atoms with Crippen LogP contribution >= 0.6 is 0 Å². The van der Waals surface area contributed by atoms with Gasteiger partial charge in [-0.05, 0) is 85.1 Å². The molecule has 10 rings (SSSR count). The molecule has 0 unspecified atom stereocenters. The molecule has 8 aromatic rings. The Labute approximate surface area is 289 Å². The van der Waals surface area contributed by atoms with Crippen LogP contribution < -0.4 is 10.6 Å². The minimum atomic E-state index is 0.774. The maximum absolute atomic E-state index is 5.16. The molecule has 2 aliphatic rings. The van der Waals surface area contributed by atoms with Crippen molar-refractivity contribution >= 4 is 11.8 Å². The summed E-state index contributed by atoms with van der Waals surface area (Å²) in [6.45, 7) is 0. The Morgan fingerprint density at radius 2 is 1.00 bits per heavy atom. The summed E-state index contributed by atoms with van der Waals surface area (Å²) in [5.74, 6) is 0. The van der Waals surface area contributed by atoms with Crippen molar-refractivity contribution in [1.29, 1.82) is 0 Å². The Hall–Kier alpha value is -6.78. The molecule has 0 amide bonds. The molecular weight excluding hydrogens is 609 g/mol. The zero-order chi connectivity index (χ0) is 33.0. The fourth-order valence-electron chi connectivity index (χ4n) is 7.75. The highest BCUT2D eigenvalue weighted by atomic mass is 15.3. The predicted octanol–water partition coefficient (Wildman–Crippen LogP) is 9.95. The van der Waals surface area contributed by atoms with E-state index in [1.54, 1.807) is 6.20 Å². The average molecular weight is 637 g/mol. The van der Waals surface area contributed by atoms with Gasteiger partial charge >= 0.3 is 0 Å². The highest BCUT2D eigenvalue weighted by molar-refractivity contribution is 6.07. The Morgan fingerprint density at radius 1 is 0.400 bits per heavy atom. The average Bonchev–Trinajstić information content (AvgIpc) is 3.77. The summed E-state index contributed by atoms with van der Waals surface area (Å²) >= 11 is 0.